The van der Waals surface area contributed by atoms with Gasteiger partial charge in [0.15, 0.2) is 0 Å². The van der Waals surface area contributed by atoms with Crippen LogP contribution in [-0.4, -0.2) is 59.8 Å². The lowest BCUT2D eigenvalue weighted by Crippen LogP contribution is -2.38. The molecule has 1 unspecified atom stereocenters. The van der Waals surface area contributed by atoms with Crippen molar-refractivity contribution in [2.24, 2.45) is 5.92 Å². The Kier molecular flexibility index (Phi) is 7.97. The summed E-state index contributed by atoms with van der Waals surface area (Å²) < 4.78 is 42.9. The number of anilines is 1. The molecule has 1 aromatic heterocycles. The fourth-order valence-electron chi connectivity index (χ4n) is 5.50. The maximum absolute atomic E-state index is 14.4. The predicted molar refractivity (Wildman–Crippen MR) is 143 cm³/mol. The number of rotatable bonds is 5. The van der Waals surface area contributed by atoms with Crippen LogP contribution in [0.1, 0.15) is 47.7 Å². The average Bonchev–Trinajstić information content (AvgIpc) is 2.94. The van der Waals surface area contributed by atoms with Gasteiger partial charge in [0.1, 0.15) is 28.8 Å². The van der Waals surface area contributed by atoms with Gasteiger partial charge in [-0.25, -0.2) is 18.2 Å². The first kappa shape index (κ1) is 26.9. The summed E-state index contributed by atoms with van der Waals surface area (Å²) in [5, 5.41) is 3.03. The number of amides is 2. The molecule has 2 fully saturated rings. The van der Waals surface area contributed by atoms with Gasteiger partial charge in [-0.15, -0.1) is 0 Å². The van der Waals surface area contributed by atoms with Crippen LogP contribution in [0.2, 0.25) is 0 Å². The molecule has 1 atom stereocenters. The van der Waals surface area contributed by atoms with Crippen LogP contribution in [0.15, 0.2) is 54.6 Å². The number of nitrogens with zero attached hydrogens (tertiary/aromatic N) is 3. The van der Waals surface area contributed by atoms with E-state index in [9.17, 15) is 22.8 Å². The molecule has 3 heterocycles. The van der Waals surface area contributed by atoms with Gasteiger partial charge in [0, 0.05) is 25.3 Å². The van der Waals surface area contributed by atoms with E-state index in [1.54, 1.807) is 4.90 Å². The number of pyridine rings is 1. The van der Waals surface area contributed by atoms with E-state index in [4.69, 9.17) is 0 Å². The number of piperidine rings is 2. The predicted octanol–water partition coefficient (Wildman–Crippen LogP) is 5.47. The molecule has 1 N–H and O–H groups in total. The summed E-state index contributed by atoms with van der Waals surface area (Å²) in [7, 11) is 2.04. The van der Waals surface area contributed by atoms with Crippen molar-refractivity contribution in [3.63, 3.8) is 0 Å². The lowest BCUT2D eigenvalue weighted by Gasteiger charge is -2.32. The number of hydrogen-bond acceptors (Lipinski definition) is 4. The number of benzene rings is 2. The van der Waals surface area contributed by atoms with E-state index in [1.807, 2.05) is 31.3 Å². The van der Waals surface area contributed by atoms with Crippen molar-refractivity contribution in [2.45, 2.75) is 31.6 Å². The van der Waals surface area contributed by atoms with Crippen LogP contribution in [0.4, 0.5) is 18.9 Å². The molecule has 6 nitrogen and oxygen atoms in total. The van der Waals surface area contributed by atoms with Crippen LogP contribution in [0, 0.1) is 23.4 Å². The summed E-state index contributed by atoms with van der Waals surface area (Å²) in [6.07, 6.45) is 3.38. The molecule has 0 radical (unpaired) electrons. The van der Waals surface area contributed by atoms with Gasteiger partial charge >= 0.3 is 0 Å². The van der Waals surface area contributed by atoms with Gasteiger partial charge < -0.3 is 15.1 Å². The van der Waals surface area contributed by atoms with E-state index < -0.39 is 34.6 Å². The van der Waals surface area contributed by atoms with Gasteiger partial charge in [0.25, 0.3) is 5.91 Å². The van der Waals surface area contributed by atoms with Gasteiger partial charge in [0.2, 0.25) is 5.91 Å². The first-order valence-electron chi connectivity index (χ1n) is 13.3. The third-order valence-corrected chi connectivity index (χ3v) is 7.69. The van der Waals surface area contributed by atoms with Crippen LogP contribution in [0.5, 0.6) is 0 Å². The highest BCUT2D eigenvalue weighted by atomic mass is 19.1. The number of carbonyl (C=O) groups is 2. The first-order valence-corrected chi connectivity index (χ1v) is 13.3. The van der Waals surface area contributed by atoms with Crippen LogP contribution in [-0.2, 0) is 4.79 Å². The van der Waals surface area contributed by atoms with Crippen molar-refractivity contribution < 1.29 is 22.8 Å². The molecule has 0 aliphatic carbocycles. The maximum Gasteiger partial charge on any atom is 0.272 e. The summed E-state index contributed by atoms with van der Waals surface area (Å²) in [6, 6.07) is 13.4. The number of nitrogens with one attached hydrogen (secondary N) is 1. The highest BCUT2D eigenvalue weighted by Gasteiger charge is 2.27. The van der Waals surface area contributed by atoms with Crippen molar-refractivity contribution >= 4 is 17.5 Å². The zero-order valence-corrected chi connectivity index (χ0v) is 21.8. The second-order valence-corrected chi connectivity index (χ2v) is 10.4. The minimum absolute atomic E-state index is 0.00251. The Morgan fingerprint density at radius 2 is 1.56 bits per heavy atom. The molecule has 2 amide bonds. The molecule has 2 aliphatic heterocycles. The van der Waals surface area contributed by atoms with E-state index in [0.717, 1.165) is 68.2 Å². The molecule has 3 aromatic rings. The number of aromatic nitrogens is 1. The van der Waals surface area contributed by atoms with Crippen molar-refractivity contribution in [2.75, 3.05) is 38.5 Å². The van der Waals surface area contributed by atoms with E-state index >= 15 is 0 Å². The minimum atomic E-state index is -0.945. The summed E-state index contributed by atoms with van der Waals surface area (Å²) in [4.78, 5) is 33.6. The number of halogens is 3. The number of likely N-dealkylation sites (tertiary alicyclic amines) is 2. The molecule has 2 saturated heterocycles. The molecule has 0 spiro atoms. The van der Waals surface area contributed by atoms with Crippen molar-refractivity contribution in [1.82, 2.24) is 14.8 Å². The molecular weight excluding hydrogens is 505 g/mol. The second-order valence-electron chi connectivity index (χ2n) is 10.4. The van der Waals surface area contributed by atoms with Gasteiger partial charge in [-0.3, -0.25) is 9.59 Å². The smallest absolute Gasteiger partial charge is 0.272 e. The highest BCUT2D eigenvalue weighted by Crippen LogP contribution is 2.31. The lowest BCUT2D eigenvalue weighted by molar-refractivity contribution is -0.121. The van der Waals surface area contributed by atoms with Gasteiger partial charge in [0.05, 0.1) is 11.5 Å². The molecule has 39 heavy (non-hydrogen) atoms. The Labute approximate surface area is 225 Å². The molecule has 2 aliphatic rings. The van der Waals surface area contributed by atoms with Crippen LogP contribution >= 0.6 is 0 Å². The molecule has 0 saturated carbocycles. The molecule has 0 bridgehead atoms. The minimum Gasteiger partial charge on any atom is -0.337 e. The third kappa shape index (κ3) is 5.98. The average molecular weight is 537 g/mol. The van der Waals surface area contributed by atoms with Crippen molar-refractivity contribution in [3.05, 3.63) is 83.3 Å². The van der Waals surface area contributed by atoms with E-state index in [-0.39, 0.29) is 23.4 Å². The standard InChI is InChI=1S/C30H31F3N4O2/c1-36-15-3-4-21(18-36)29(38)34-22-9-7-19(8-10-22)20-13-16-37(17-14-20)30(39)26-12-11-25(33)28(35-26)27-23(31)5-2-6-24(27)32/h2,5-12,20-21H,3-4,13-18H2,1H3,(H,34,38). The van der Waals surface area contributed by atoms with Crippen molar-refractivity contribution in [3.8, 4) is 11.3 Å². The first-order chi connectivity index (χ1) is 18.8. The van der Waals surface area contributed by atoms with Crippen LogP contribution < -0.4 is 5.32 Å². The molecule has 204 valence electrons. The highest BCUT2D eigenvalue weighted by molar-refractivity contribution is 5.93. The Morgan fingerprint density at radius 1 is 0.872 bits per heavy atom. The van der Waals surface area contributed by atoms with Gasteiger partial charge in [-0.05, 0) is 87.2 Å². The summed E-state index contributed by atoms with van der Waals surface area (Å²) in [5.74, 6) is -2.90. The largest absolute Gasteiger partial charge is 0.337 e. The Bertz CT molecular complexity index is 1340. The fourth-order valence-corrected chi connectivity index (χ4v) is 5.50. The molecule has 5 rings (SSSR count). The summed E-state index contributed by atoms with van der Waals surface area (Å²) in [5.41, 5.74) is 0.739. The zero-order valence-electron chi connectivity index (χ0n) is 21.8. The fraction of sp³-hybridized carbons (Fsp3) is 0.367. The van der Waals surface area contributed by atoms with Crippen molar-refractivity contribution in [1.29, 1.82) is 0 Å². The molecule has 2 aromatic carbocycles. The number of carbonyl (C=O) groups excluding carboxylic acids is 2. The molecular formula is C30H31F3N4O2. The normalized spacial score (nSPS) is 18.7. The molecule has 9 heteroatoms. The monoisotopic (exact) mass is 536 g/mol. The lowest BCUT2D eigenvalue weighted by atomic mass is 9.89. The third-order valence-electron chi connectivity index (χ3n) is 7.69. The number of hydrogen-bond donors (Lipinski definition) is 1. The Hall–Kier alpha value is -3.72. The van der Waals surface area contributed by atoms with Gasteiger partial charge in [-0.2, -0.15) is 0 Å². The Balaban J connectivity index is 1.20. The zero-order chi connectivity index (χ0) is 27.5. The van der Waals surface area contributed by atoms with E-state index in [0.29, 0.717) is 13.1 Å². The van der Waals surface area contributed by atoms with Gasteiger partial charge in [-0.1, -0.05) is 18.2 Å². The van der Waals surface area contributed by atoms with Crippen LogP contribution in [0.3, 0.4) is 0 Å². The SMILES string of the molecule is CN1CCCC(C(=O)Nc2ccc(C3CCN(C(=O)c4ccc(F)c(-c5c(F)cccc5F)n4)CC3)cc2)C1. The Morgan fingerprint density at radius 3 is 2.23 bits per heavy atom. The quantitative estimate of drug-likeness (QED) is 0.470. The van der Waals surface area contributed by atoms with E-state index in [2.05, 4.69) is 15.2 Å². The summed E-state index contributed by atoms with van der Waals surface area (Å²) >= 11 is 0. The second kappa shape index (κ2) is 11.6. The summed E-state index contributed by atoms with van der Waals surface area (Å²) in [6.45, 7) is 2.74. The maximum atomic E-state index is 14.4. The van der Waals surface area contributed by atoms with Crippen LogP contribution in [0.25, 0.3) is 11.3 Å². The topological polar surface area (TPSA) is 65.5 Å². The van der Waals surface area contributed by atoms with E-state index in [1.165, 1.54) is 12.1 Å².